The molecular formula is C23H27F3N4O4S2. The monoisotopic (exact) mass is 544 g/mol. The third-order valence-electron chi connectivity index (χ3n) is 5.61. The molecule has 1 atom stereocenters. The van der Waals surface area contributed by atoms with Crippen LogP contribution in [0.3, 0.4) is 0 Å². The van der Waals surface area contributed by atoms with Crippen LogP contribution in [0.5, 0.6) is 0 Å². The van der Waals surface area contributed by atoms with Gasteiger partial charge in [-0.2, -0.15) is 13.2 Å². The average Bonchev–Trinajstić information content (AvgIpc) is 3.18. The fourth-order valence-electron chi connectivity index (χ4n) is 3.55. The van der Waals surface area contributed by atoms with Crippen molar-refractivity contribution in [3.63, 3.8) is 0 Å². The molecule has 1 aromatic heterocycles. The highest BCUT2D eigenvalue weighted by Crippen LogP contribution is 2.30. The van der Waals surface area contributed by atoms with E-state index in [1.165, 1.54) is 53.5 Å². The zero-order chi connectivity index (χ0) is 26.7. The molecule has 3 aromatic rings. The fourth-order valence-corrected chi connectivity index (χ4v) is 5.60. The molecule has 36 heavy (non-hydrogen) atoms. The molecule has 8 nitrogen and oxygen atoms in total. The summed E-state index contributed by atoms with van der Waals surface area (Å²) in [7, 11) is -3.99. The van der Waals surface area contributed by atoms with Crippen molar-refractivity contribution in [1.82, 2.24) is 9.88 Å². The number of benzene rings is 2. The van der Waals surface area contributed by atoms with Crippen LogP contribution in [0.15, 0.2) is 47.4 Å². The largest absolute Gasteiger partial charge is 0.390 e. The normalized spacial score (nSPS) is 13.9. The number of para-hydroxylation sites is 1. The Bertz CT molecular complexity index is 1320. The average molecular weight is 545 g/mol. The number of nitrogen functional groups attached to an aromatic ring is 1. The molecule has 13 heteroatoms. The van der Waals surface area contributed by atoms with E-state index in [2.05, 4.69) is 9.71 Å². The van der Waals surface area contributed by atoms with Crippen molar-refractivity contribution >= 4 is 48.3 Å². The topological polar surface area (TPSA) is 126 Å². The van der Waals surface area contributed by atoms with Gasteiger partial charge in [-0.1, -0.05) is 17.4 Å². The number of amides is 1. The van der Waals surface area contributed by atoms with Gasteiger partial charge in [-0.25, -0.2) is 13.4 Å². The number of nitrogens with one attached hydrogen (secondary N) is 1. The lowest BCUT2D eigenvalue weighted by Gasteiger charge is -2.28. The molecule has 3 rings (SSSR count). The van der Waals surface area contributed by atoms with Crippen LogP contribution < -0.4 is 10.5 Å². The second-order valence-electron chi connectivity index (χ2n) is 8.58. The van der Waals surface area contributed by atoms with Gasteiger partial charge < -0.3 is 15.7 Å². The highest BCUT2D eigenvalue weighted by molar-refractivity contribution is 7.93. The number of aromatic nitrogens is 1. The first-order valence-electron chi connectivity index (χ1n) is 11.1. The molecule has 0 aliphatic heterocycles. The van der Waals surface area contributed by atoms with E-state index in [0.29, 0.717) is 4.70 Å². The van der Waals surface area contributed by atoms with E-state index in [1.54, 1.807) is 19.1 Å². The number of fused-ring (bicyclic) bond motifs is 1. The molecule has 0 aliphatic rings. The number of carbonyl (C=O) groups excluding carboxylic acids is 1. The summed E-state index contributed by atoms with van der Waals surface area (Å²) in [5.74, 6) is -0.388. The van der Waals surface area contributed by atoms with Crippen LogP contribution >= 0.6 is 11.3 Å². The maximum atomic E-state index is 12.9. The van der Waals surface area contributed by atoms with Crippen LogP contribution in [0.25, 0.3) is 10.2 Å². The standard InChI is InChI=1S/C23H27F3N4O4S2/c1-3-30(14-13-22(2,32)11-12-23(24,25)26)20(31)15-7-9-16(10-8-15)29-36(33,34)18-6-4-5-17-19(18)28-21(27)35-17/h4-10,29,32H,3,11-14H2,1-2H3,(H2,27,28). The van der Waals surface area contributed by atoms with Crippen LogP contribution in [0.2, 0.25) is 0 Å². The van der Waals surface area contributed by atoms with Gasteiger partial charge in [0.1, 0.15) is 10.4 Å². The third-order valence-corrected chi connectivity index (χ3v) is 7.87. The number of carbonyl (C=O) groups is 1. The Kier molecular flexibility index (Phi) is 8.16. The minimum atomic E-state index is -4.37. The Morgan fingerprint density at radius 3 is 2.42 bits per heavy atom. The molecule has 1 amide bonds. The maximum Gasteiger partial charge on any atom is 0.389 e. The summed E-state index contributed by atoms with van der Waals surface area (Å²) in [4.78, 5) is 18.4. The number of sulfonamides is 1. The first kappa shape index (κ1) is 27.7. The Labute approximate surface area is 211 Å². The first-order chi connectivity index (χ1) is 16.7. The lowest BCUT2D eigenvalue weighted by molar-refractivity contribution is -0.146. The molecule has 0 saturated heterocycles. The summed E-state index contributed by atoms with van der Waals surface area (Å²) in [6.45, 7) is 3.38. The number of thiazole rings is 1. The molecule has 1 heterocycles. The molecule has 2 aromatic carbocycles. The first-order valence-corrected chi connectivity index (χ1v) is 13.4. The van der Waals surface area contributed by atoms with E-state index in [1.807, 2.05) is 0 Å². The van der Waals surface area contributed by atoms with Crippen LogP contribution in [0.4, 0.5) is 24.0 Å². The number of nitrogens with zero attached hydrogens (tertiary/aromatic N) is 2. The zero-order valence-electron chi connectivity index (χ0n) is 19.7. The molecule has 0 radical (unpaired) electrons. The highest BCUT2D eigenvalue weighted by atomic mass is 32.2. The van der Waals surface area contributed by atoms with Gasteiger partial charge in [0.05, 0.1) is 10.3 Å². The van der Waals surface area contributed by atoms with Gasteiger partial charge in [0.2, 0.25) is 0 Å². The highest BCUT2D eigenvalue weighted by Gasteiger charge is 2.32. The van der Waals surface area contributed by atoms with E-state index >= 15 is 0 Å². The Hall–Kier alpha value is -2.90. The Morgan fingerprint density at radius 1 is 1.14 bits per heavy atom. The number of hydrogen-bond donors (Lipinski definition) is 3. The zero-order valence-corrected chi connectivity index (χ0v) is 21.3. The number of nitrogens with two attached hydrogens (primary N) is 1. The number of anilines is 2. The Balaban J connectivity index is 1.67. The molecule has 1 unspecified atom stereocenters. The van der Waals surface area contributed by atoms with Gasteiger partial charge in [-0.3, -0.25) is 9.52 Å². The van der Waals surface area contributed by atoms with Crippen LogP contribution in [0, 0.1) is 0 Å². The molecular weight excluding hydrogens is 517 g/mol. The van der Waals surface area contributed by atoms with E-state index in [4.69, 9.17) is 5.73 Å². The van der Waals surface area contributed by atoms with Gasteiger partial charge in [0.15, 0.2) is 5.13 Å². The molecule has 196 valence electrons. The second kappa shape index (κ2) is 10.6. The van der Waals surface area contributed by atoms with Crippen molar-refractivity contribution in [3.8, 4) is 0 Å². The molecule has 0 fully saturated rings. The van der Waals surface area contributed by atoms with Crippen molar-refractivity contribution < 1.29 is 31.5 Å². The molecule has 0 aliphatic carbocycles. The minimum Gasteiger partial charge on any atom is -0.390 e. The second-order valence-corrected chi connectivity index (χ2v) is 11.3. The third kappa shape index (κ3) is 7.08. The van der Waals surface area contributed by atoms with Crippen molar-refractivity contribution in [2.24, 2.45) is 0 Å². The quantitative estimate of drug-likeness (QED) is 0.342. The van der Waals surface area contributed by atoms with E-state index in [0.717, 1.165) is 0 Å². The molecule has 4 N–H and O–H groups in total. The lowest BCUT2D eigenvalue weighted by atomic mass is 9.95. The van der Waals surface area contributed by atoms with Crippen LogP contribution in [0.1, 0.15) is 43.5 Å². The summed E-state index contributed by atoms with van der Waals surface area (Å²) in [6.07, 6.45) is -5.96. The molecule has 0 spiro atoms. The van der Waals surface area contributed by atoms with Gasteiger partial charge in [-0.05, 0) is 63.1 Å². The van der Waals surface area contributed by atoms with E-state index < -0.39 is 34.6 Å². The van der Waals surface area contributed by atoms with Gasteiger partial charge in [0, 0.05) is 30.8 Å². The number of aliphatic hydroxyl groups is 1. The number of alkyl halides is 3. The van der Waals surface area contributed by atoms with E-state index in [9.17, 15) is 31.5 Å². The molecule has 0 saturated carbocycles. The number of halogens is 3. The van der Waals surface area contributed by atoms with Crippen molar-refractivity contribution in [1.29, 1.82) is 0 Å². The summed E-state index contributed by atoms with van der Waals surface area (Å²) in [5.41, 5.74) is 4.90. The van der Waals surface area contributed by atoms with Gasteiger partial charge in [-0.15, -0.1) is 0 Å². The Morgan fingerprint density at radius 2 is 1.81 bits per heavy atom. The van der Waals surface area contributed by atoms with Crippen molar-refractivity contribution in [2.75, 3.05) is 23.5 Å². The summed E-state index contributed by atoms with van der Waals surface area (Å²) in [5, 5.41) is 10.5. The lowest BCUT2D eigenvalue weighted by Crippen LogP contribution is -2.37. The van der Waals surface area contributed by atoms with Gasteiger partial charge >= 0.3 is 6.18 Å². The van der Waals surface area contributed by atoms with Crippen molar-refractivity contribution in [3.05, 3.63) is 48.0 Å². The van der Waals surface area contributed by atoms with E-state index in [-0.39, 0.29) is 52.2 Å². The summed E-state index contributed by atoms with van der Waals surface area (Å²) < 4.78 is 66.4. The SMILES string of the molecule is CCN(CCC(C)(O)CCC(F)(F)F)C(=O)c1ccc(NS(=O)(=O)c2cccc3sc(N)nc23)cc1. The number of hydrogen-bond acceptors (Lipinski definition) is 7. The molecule has 0 bridgehead atoms. The minimum absolute atomic E-state index is 0.0206. The summed E-state index contributed by atoms with van der Waals surface area (Å²) >= 11 is 1.17. The van der Waals surface area contributed by atoms with Crippen molar-refractivity contribution in [2.45, 2.75) is 49.8 Å². The summed E-state index contributed by atoms with van der Waals surface area (Å²) in [6, 6.07) is 10.5. The fraction of sp³-hybridized carbons (Fsp3) is 0.391. The van der Waals surface area contributed by atoms with Crippen LogP contribution in [-0.2, 0) is 10.0 Å². The smallest absolute Gasteiger partial charge is 0.389 e. The van der Waals surface area contributed by atoms with Gasteiger partial charge in [0.25, 0.3) is 15.9 Å². The number of rotatable bonds is 10. The van der Waals surface area contributed by atoms with Crippen LogP contribution in [-0.4, -0.2) is 54.2 Å². The predicted octanol–water partition coefficient (Wildman–Crippen LogP) is 4.63. The maximum absolute atomic E-state index is 12.9. The predicted molar refractivity (Wildman–Crippen MR) is 133 cm³/mol.